The van der Waals surface area contributed by atoms with Crippen molar-refractivity contribution in [3.8, 4) is 0 Å². The Bertz CT molecular complexity index is 972. The number of alkyl halides is 2. The van der Waals surface area contributed by atoms with Gasteiger partial charge in [0.05, 0.1) is 30.9 Å². The van der Waals surface area contributed by atoms with E-state index in [2.05, 4.69) is 15.3 Å². The predicted octanol–water partition coefficient (Wildman–Crippen LogP) is 0.516. The molecule has 2 aromatic heterocycles. The lowest BCUT2D eigenvalue weighted by molar-refractivity contribution is -0.136. The Labute approximate surface area is 160 Å². The van der Waals surface area contributed by atoms with Gasteiger partial charge in [-0.1, -0.05) is 0 Å². The van der Waals surface area contributed by atoms with Crippen molar-refractivity contribution in [2.24, 2.45) is 5.92 Å². The van der Waals surface area contributed by atoms with Crippen LogP contribution >= 0.6 is 0 Å². The van der Waals surface area contributed by atoms with Crippen molar-refractivity contribution >= 4 is 17.4 Å². The number of piperidine rings is 1. The van der Waals surface area contributed by atoms with Crippen LogP contribution < -0.4 is 10.2 Å². The van der Waals surface area contributed by atoms with Gasteiger partial charge in [0.15, 0.2) is 17.0 Å². The van der Waals surface area contributed by atoms with Crippen LogP contribution in [0.2, 0.25) is 0 Å². The van der Waals surface area contributed by atoms with Gasteiger partial charge < -0.3 is 15.1 Å². The molecule has 7 nitrogen and oxygen atoms in total. The molecule has 0 spiro atoms. The van der Waals surface area contributed by atoms with Crippen LogP contribution in [0.1, 0.15) is 17.7 Å². The molecule has 3 fully saturated rings. The molecule has 28 heavy (non-hydrogen) atoms. The zero-order valence-electron chi connectivity index (χ0n) is 15.5. The molecule has 4 aliphatic rings. The van der Waals surface area contributed by atoms with Gasteiger partial charge in [-0.05, 0) is 13.0 Å². The third-order valence-corrected chi connectivity index (χ3v) is 6.74. The number of carbonyl (C=O) groups is 1. The summed E-state index contributed by atoms with van der Waals surface area (Å²) in [5.74, 6) is 0.657. The normalized spacial score (nSPS) is 32.1. The minimum Gasteiger partial charge on any atom is -0.354 e. The molecule has 0 aromatic carbocycles. The summed E-state index contributed by atoms with van der Waals surface area (Å²) in [4.78, 5) is 21.0. The molecular formula is C19H22F2N6O. The monoisotopic (exact) mass is 388 g/mol. The summed E-state index contributed by atoms with van der Waals surface area (Å²) in [6.07, 6.45) is 3.41. The zero-order valence-corrected chi connectivity index (χ0v) is 15.5. The SMILES string of the molecule is O=C(C1CN(c2c3c(nc4ccnn24)CCNCC3)C1)N1CC2(F)CC2(F)C1. The molecular weight excluding hydrogens is 366 g/mol. The van der Waals surface area contributed by atoms with Crippen LogP contribution in [-0.4, -0.2) is 76.0 Å². The first-order valence-corrected chi connectivity index (χ1v) is 9.95. The van der Waals surface area contributed by atoms with Gasteiger partial charge in [0, 0.05) is 44.1 Å². The fraction of sp³-hybridized carbons (Fsp3) is 0.632. The van der Waals surface area contributed by atoms with E-state index in [1.165, 1.54) is 10.5 Å². The number of nitrogens with one attached hydrogen (secondary N) is 1. The number of amides is 1. The van der Waals surface area contributed by atoms with E-state index in [-0.39, 0.29) is 31.3 Å². The Kier molecular flexibility index (Phi) is 3.21. The maximum absolute atomic E-state index is 14.2. The lowest BCUT2D eigenvalue weighted by atomic mass is 9.96. The van der Waals surface area contributed by atoms with E-state index >= 15 is 0 Å². The third kappa shape index (κ3) is 2.19. The molecule has 1 N–H and O–H groups in total. The molecule has 5 heterocycles. The van der Waals surface area contributed by atoms with Gasteiger partial charge in [-0.2, -0.15) is 9.61 Å². The number of anilines is 1. The fourth-order valence-electron chi connectivity index (χ4n) is 5.02. The van der Waals surface area contributed by atoms with E-state index in [1.54, 1.807) is 6.20 Å². The molecule has 2 aromatic rings. The number of rotatable bonds is 2. The number of aromatic nitrogens is 3. The van der Waals surface area contributed by atoms with Gasteiger partial charge in [0.2, 0.25) is 5.91 Å². The molecule has 1 amide bonds. The smallest absolute Gasteiger partial charge is 0.229 e. The second-order valence-corrected chi connectivity index (χ2v) is 8.62. The molecule has 2 unspecified atom stereocenters. The number of likely N-dealkylation sites (tertiary alicyclic amines) is 1. The van der Waals surface area contributed by atoms with Crippen LogP contribution in [0, 0.1) is 5.92 Å². The maximum Gasteiger partial charge on any atom is 0.229 e. The third-order valence-electron chi connectivity index (χ3n) is 6.74. The summed E-state index contributed by atoms with van der Waals surface area (Å²) in [5, 5.41) is 7.84. The van der Waals surface area contributed by atoms with E-state index in [1.807, 2.05) is 10.6 Å². The van der Waals surface area contributed by atoms with Crippen molar-refractivity contribution in [1.29, 1.82) is 0 Å². The van der Waals surface area contributed by atoms with Gasteiger partial charge >= 0.3 is 0 Å². The van der Waals surface area contributed by atoms with Crippen LogP contribution in [0.25, 0.3) is 5.65 Å². The lowest BCUT2D eigenvalue weighted by Gasteiger charge is -2.42. The van der Waals surface area contributed by atoms with Gasteiger partial charge in [0.1, 0.15) is 5.82 Å². The Morgan fingerprint density at radius 3 is 2.71 bits per heavy atom. The zero-order chi connectivity index (χ0) is 19.1. The van der Waals surface area contributed by atoms with Crippen molar-refractivity contribution in [3.63, 3.8) is 0 Å². The van der Waals surface area contributed by atoms with Crippen molar-refractivity contribution < 1.29 is 13.6 Å². The topological polar surface area (TPSA) is 65.8 Å². The van der Waals surface area contributed by atoms with E-state index < -0.39 is 11.3 Å². The summed E-state index contributed by atoms with van der Waals surface area (Å²) in [5.41, 5.74) is -0.532. The maximum atomic E-state index is 14.2. The summed E-state index contributed by atoms with van der Waals surface area (Å²) >= 11 is 0. The standard InChI is InChI=1S/C19H22F2N6O/c20-18-9-19(18,21)11-26(10-18)17(28)12-7-25(8-12)16-13-1-4-22-5-2-14(13)24-15-3-6-23-27(15)16/h3,6,12,22H,1-2,4-5,7-11H2. The van der Waals surface area contributed by atoms with Gasteiger partial charge in [-0.25, -0.2) is 13.8 Å². The average Bonchev–Trinajstić information content (AvgIpc) is 2.84. The summed E-state index contributed by atoms with van der Waals surface area (Å²) < 4.78 is 30.2. The summed E-state index contributed by atoms with van der Waals surface area (Å²) in [6.45, 7) is 2.68. The number of carbonyl (C=O) groups excluding carboxylic acids is 1. The van der Waals surface area contributed by atoms with E-state index in [0.29, 0.717) is 13.1 Å². The Morgan fingerprint density at radius 2 is 1.93 bits per heavy atom. The minimum absolute atomic E-state index is 0.0605. The van der Waals surface area contributed by atoms with E-state index in [0.717, 1.165) is 43.1 Å². The second kappa shape index (κ2) is 5.40. The highest BCUT2D eigenvalue weighted by Crippen LogP contribution is 2.59. The number of nitrogens with zero attached hydrogens (tertiary/aromatic N) is 5. The van der Waals surface area contributed by atoms with Crippen LogP contribution in [-0.2, 0) is 17.6 Å². The van der Waals surface area contributed by atoms with Gasteiger partial charge in [-0.3, -0.25) is 4.79 Å². The van der Waals surface area contributed by atoms with Crippen LogP contribution in [0.3, 0.4) is 0 Å². The molecule has 1 aliphatic carbocycles. The van der Waals surface area contributed by atoms with Gasteiger partial charge in [-0.15, -0.1) is 0 Å². The second-order valence-electron chi connectivity index (χ2n) is 8.62. The first-order chi connectivity index (χ1) is 13.5. The number of halogens is 2. The summed E-state index contributed by atoms with van der Waals surface area (Å²) in [6, 6.07) is 1.89. The quantitative estimate of drug-likeness (QED) is 0.813. The Morgan fingerprint density at radius 1 is 1.18 bits per heavy atom. The fourth-order valence-corrected chi connectivity index (χ4v) is 5.02. The van der Waals surface area contributed by atoms with E-state index in [9.17, 15) is 13.6 Å². The Hall–Kier alpha value is -2.29. The summed E-state index contributed by atoms with van der Waals surface area (Å²) in [7, 11) is 0. The largest absolute Gasteiger partial charge is 0.354 e. The molecule has 2 atom stereocenters. The molecule has 0 bridgehead atoms. The Balaban J connectivity index is 1.25. The highest BCUT2D eigenvalue weighted by Gasteiger charge is 2.76. The lowest BCUT2D eigenvalue weighted by Crippen LogP contribution is -2.55. The molecule has 1 saturated carbocycles. The first kappa shape index (κ1) is 16.6. The average molecular weight is 388 g/mol. The van der Waals surface area contributed by atoms with Crippen LogP contribution in [0.4, 0.5) is 14.6 Å². The molecule has 3 aliphatic heterocycles. The number of fused-ring (bicyclic) bond motifs is 3. The minimum atomic E-state index is -1.80. The first-order valence-electron chi connectivity index (χ1n) is 9.95. The van der Waals surface area contributed by atoms with Crippen LogP contribution in [0.15, 0.2) is 12.3 Å². The van der Waals surface area contributed by atoms with Crippen molar-refractivity contribution in [3.05, 3.63) is 23.5 Å². The van der Waals surface area contributed by atoms with Crippen molar-refractivity contribution in [1.82, 2.24) is 24.8 Å². The highest BCUT2D eigenvalue weighted by molar-refractivity contribution is 5.83. The van der Waals surface area contributed by atoms with Crippen LogP contribution in [0.5, 0.6) is 0 Å². The molecule has 2 saturated heterocycles. The number of hydrogen-bond donors (Lipinski definition) is 1. The molecule has 148 valence electrons. The highest BCUT2D eigenvalue weighted by atomic mass is 19.2. The molecule has 9 heteroatoms. The van der Waals surface area contributed by atoms with E-state index in [4.69, 9.17) is 4.98 Å². The van der Waals surface area contributed by atoms with Crippen molar-refractivity contribution in [2.45, 2.75) is 30.6 Å². The van der Waals surface area contributed by atoms with Crippen molar-refractivity contribution in [2.75, 3.05) is 44.2 Å². The number of hydrogen-bond acceptors (Lipinski definition) is 5. The predicted molar refractivity (Wildman–Crippen MR) is 97.8 cm³/mol. The van der Waals surface area contributed by atoms with Gasteiger partial charge in [0.25, 0.3) is 0 Å². The molecule has 6 rings (SSSR count). The molecule has 0 radical (unpaired) electrons.